The highest BCUT2D eigenvalue weighted by Gasteiger charge is 2.30. The third kappa shape index (κ3) is 3.88. The number of alkyl halides is 3. The van der Waals surface area contributed by atoms with Crippen molar-refractivity contribution < 1.29 is 13.2 Å². The van der Waals surface area contributed by atoms with Gasteiger partial charge in [-0.1, -0.05) is 12.1 Å². The summed E-state index contributed by atoms with van der Waals surface area (Å²) in [7, 11) is 0. The van der Waals surface area contributed by atoms with E-state index in [-0.39, 0.29) is 5.95 Å². The standard InChI is InChI=1S/C16H13F3N4S/c1-10-5-6-13(24-10)8-20-15-22-14(9-21-23-15)11-3-2-4-12(7-11)16(17,18)19/h2-7,9H,8H2,1H3,(H,20,22,23). The molecule has 0 aliphatic carbocycles. The van der Waals surface area contributed by atoms with Crippen molar-refractivity contribution in [3.05, 3.63) is 57.9 Å². The molecule has 3 aromatic rings. The first-order valence-electron chi connectivity index (χ1n) is 7.08. The molecule has 2 aromatic heterocycles. The van der Waals surface area contributed by atoms with Gasteiger partial charge >= 0.3 is 6.18 Å². The lowest BCUT2D eigenvalue weighted by Gasteiger charge is -2.09. The van der Waals surface area contributed by atoms with E-state index in [2.05, 4.69) is 20.5 Å². The molecule has 2 heterocycles. The Kier molecular flexibility index (Phi) is 4.48. The predicted octanol–water partition coefficient (Wildman–Crippen LogP) is 4.54. The Bertz CT molecular complexity index is 845. The lowest BCUT2D eigenvalue weighted by atomic mass is 10.1. The van der Waals surface area contributed by atoms with Crippen LogP contribution in [-0.4, -0.2) is 15.2 Å². The van der Waals surface area contributed by atoms with Crippen molar-refractivity contribution in [1.29, 1.82) is 0 Å². The van der Waals surface area contributed by atoms with Crippen LogP contribution in [0, 0.1) is 6.92 Å². The van der Waals surface area contributed by atoms with E-state index in [1.54, 1.807) is 17.4 Å². The van der Waals surface area contributed by atoms with Crippen molar-refractivity contribution in [3.8, 4) is 11.3 Å². The number of rotatable bonds is 4. The molecule has 24 heavy (non-hydrogen) atoms. The third-order valence-corrected chi connectivity index (χ3v) is 4.26. The molecule has 1 aromatic carbocycles. The largest absolute Gasteiger partial charge is 0.416 e. The first kappa shape index (κ1) is 16.4. The van der Waals surface area contributed by atoms with Gasteiger partial charge in [-0.2, -0.15) is 18.3 Å². The summed E-state index contributed by atoms with van der Waals surface area (Å²) < 4.78 is 38.4. The maximum atomic E-state index is 12.8. The van der Waals surface area contributed by atoms with E-state index >= 15 is 0 Å². The van der Waals surface area contributed by atoms with Gasteiger partial charge in [0.05, 0.1) is 24.0 Å². The molecule has 0 spiro atoms. The Morgan fingerprint density at radius 3 is 2.71 bits per heavy atom. The van der Waals surface area contributed by atoms with Crippen LogP contribution in [0.15, 0.2) is 42.6 Å². The van der Waals surface area contributed by atoms with Crippen LogP contribution in [0.5, 0.6) is 0 Å². The summed E-state index contributed by atoms with van der Waals surface area (Å²) in [5.41, 5.74) is -0.0436. The minimum atomic E-state index is -4.39. The number of halogens is 3. The molecule has 0 unspecified atom stereocenters. The molecule has 0 saturated carbocycles. The number of thiophene rings is 1. The van der Waals surface area contributed by atoms with E-state index < -0.39 is 11.7 Å². The number of aromatic nitrogens is 3. The topological polar surface area (TPSA) is 50.7 Å². The van der Waals surface area contributed by atoms with Crippen molar-refractivity contribution in [2.24, 2.45) is 0 Å². The number of nitrogens with one attached hydrogen (secondary N) is 1. The number of hydrogen-bond acceptors (Lipinski definition) is 5. The summed E-state index contributed by atoms with van der Waals surface area (Å²) in [6.45, 7) is 2.55. The van der Waals surface area contributed by atoms with E-state index in [9.17, 15) is 13.2 Å². The molecule has 3 rings (SSSR count). The Balaban J connectivity index is 1.80. The maximum Gasteiger partial charge on any atom is 0.416 e. The summed E-state index contributed by atoms with van der Waals surface area (Å²) in [4.78, 5) is 6.55. The van der Waals surface area contributed by atoms with Crippen molar-refractivity contribution >= 4 is 17.3 Å². The smallest absolute Gasteiger partial charge is 0.348 e. The molecule has 0 amide bonds. The van der Waals surface area contributed by atoms with Crippen LogP contribution in [0.2, 0.25) is 0 Å². The monoisotopic (exact) mass is 350 g/mol. The van der Waals surface area contributed by atoms with Gasteiger partial charge in [0.25, 0.3) is 0 Å². The second-order valence-electron chi connectivity index (χ2n) is 5.11. The van der Waals surface area contributed by atoms with Gasteiger partial charge in [0.2, 0.25) is 5.95 Å². The van der Waals surface area contributed by atoms with Gasteiger partial charge in [0.15, 0.2) is 0 Å². The van der Waals surface area contributed by atoms with Gasteiger partial charge in [-0.3, -0.25) is 0 Å². The molecule has 0 aliphatic rings. The number of benzene rings is 1. The average molecular weight is 350 g/mol. The van der Waals surface area contributed by atoms with Crippen molar-refractivity contribution in [2.75, 3.05) is 5.32 Å². The molecular weight excluding hydrogens is 337 g/mol. The zero-order valence-corrected chi connectivity index (χ0v) is 13.4. The van der Waals surface area contributed by atoms with Crippen LogP contribution in [0.1, 0.15) is 15.3 Å². The molecule has 0 saturated heterocycles. The van der Waals surface area contributed by atoms with E-state index in [0.717, 1.165) is 17.0 Å². The fraction of sp³-hybridized carbons (Fsp3) is 0.188. The van der Waals surface area contributed by atoms with E-state index in [0.29, 0.717) is 17.8 Å². The fourth-order valence-electron chi connectivity index (χ4n) is 2.12. The molecule has 4 nitrogen and oxygen atoms in total. The number of hydrogen-bond donors (Lipinski definition) is 1. The van der Waals surface area contributed by atoms with Gasteiger partial charge in [0, 0.05) is 15.3 Å². The Labute approximate surface area is 140 Å². The van der Waals surface area contributed by atoms with Crippen LogP contribution in [0.25, 0.3) is 11.3 Å². The zero-order valence-electron chi connectivity index (χ0n) is 12.6. The molecule has 124 valence electrons. The van der Waals surface area contributed by atoms with E-state index in [4.69, 9.17) is 0 Å². The van der Waals surface area contributed by atoms with E-state index in [1.165, 1.54) is 17.1 Å². The van der Waals surface area contributed by atoms with Gasteiger partial charge in [-0.15, -0.1) is 16.4 Å². The SMILES string of the molecule is Cc1ccc(CNc2nncc(-c3cccc(C(F)(F)F)c3)n2)s1. The molecule has 0 bridgehead atoms. The maximum absolute atomic E-state index is 12.8. The summed E-state index contributed by atoms with van der Waals surface area (Å²) in [6, 6.07) is 9.00. The van der Waals surface area contributed by atoms with Crippen molar-refractivity contribution in [1.82, 2.24) is 15.2 Å². The summed E-state index contributed by atoms with van der Waals surface area (Å²) in [5, 5.41) is 10.7. The van der Waals surface area contributed by atoms with Crippen LogP contribution < -0.4 is 5.32 Å². The second-order valence-corrected chi connectivity index (χ2v) is 6.48. The zero-order chi connectivity index (χ0) is 17.2. The highest BCUT2D eigenvalue weighted by molar-refractivity contribution is 7.11. The predicted molar refractivity (Wildman–Crippen MR) is 86.6 cm³/mol. The van der Waals surface area contributed by atoms with Crippen molar-refractivity contribution in [3.63, 3.8) is 0 Å². The molecule has 0 aliphatic heterocycles. The molecule has 0 fully saturated rings. The first-order valence-corrected chi connectivity index (χ1v) is 7.90. The van der Waals surface area contributed by atoms with Gasteiger partial charge in [-0.05, 0) is 31.2 Å². The molecule has 1 N–H and O–H groups in total. The molecule has 8 heteroatoms. The number of anilines is 1. The third-order valence-electron chi connectivity index (χ3n) is 3.26. The van der Waals surface area contributed by atoms with Gasteiger partial charge < -0.3 is 5.32 Å². The molecular formula is C16H13F3N4S. The Hall–Kier alpha value is -2.48. The Morgan fingerprint density at radius 2 is 2.00 bits per heavy atom. The minimum absolute atomic E-state index is 0.274. The summed E-state index contributed by atoms with van der Waals surface area (Å²) in [5.74, 6) is 0.274. The van der Waals surface area contributed by atoms with Crippen LogP contribution in [-0.2, 0) is 12.7 Å². The molecule has 0 atom stereocenters. The average Bonchev–Trinajstić information content (AvgIpc) is 2.98. The number of aryl methyl sites for hydroxylation is 1. The van der Waals surface area contributed by atoms with Gasteiger partial charge in [-0.25, -0.2) is 4.98 Å². The normalized spacial score (nSPS) is 11.5. The lowest BCUT2D eigenvalue weighted by molar-refractivity contribution is -0.137. The summed E-state index contributed by atoms with van der Waals surface area (Å²) in [6.07, 6.45) is -3.05. The first-order chi connectivity index (χ1) is 11.4. The lowest BCUT2D eigenvalue weighted by Crippen LogP contribution is -2.06. The fourth-order valence-corrected chi connectivity index (χ4v) is 2.95. The van der Waals surface area contributed by atoms with E-state index in [1.807, 2.05) is 19.1 Å². The quantitative estimate of drug-likeness (QED) is 0.751. The summed E-state index contributed by atoms with van der Waals surface area (Å²) >= 11 is 1.65. The van der Waals surface area contributed by atoms with Crippen LogP contribution >= 0.6 is 11.3 Å². The van der Waals surface area contributed by atoms with Crippen molar-refractivity contribution in [2.45, 2.75) is 19.6 Å². The second kappa shape index (κ2) is 6.56. The molecule has 0 radical (unpaired) electrons. The minimum Gasteiger partial charge on any atom is -0.348 e. The highest BCUT2D eigenvalue weighted by atomic mass is 32.1. The number of nitrogens with zero attached hydrogens (tertiary/aromatic N) is 3. The Morgan fingerprint density at radius 1 is 1.17 bits per heavy atom. The highest BCUT2D eigenvalue weighted by Crippen LogP contribution is 2.31. The van der Waals surface area contributed by atoms with Crippen LogP contribution in [0.3, 0.4) is 0 Å². The van der Waals surface area contributed by atoms with Gasteiger partial charge in [0.1, 0.15) is 0 Å². The van der Waals surface area contributed by atoms with Crippen LogP contribution in [0.4, 0.5) is 19.1 Å².